The lowest BCUT2D eigenvalue weighted by atomic mass is 10.1. The summed E-state index contributed by atoms with van der Waals surface area (Å²) in [5.41, 5.74) is 1.67. The number of hydrogen-bond acceptors (Lipinski definition) is 3. The molecule has 0 aromatic heterocycles. The summed E-state index contributed by atoms with van der Waals surface area (Å²) in [6.07, 6.45) is -0.356. The number of aliphatic hydroxyl groups is 1. The van der Waals surface area contributed by atoms with Gasteiger partial charge in [0.05, 0.1) is 17.2 Å². The predicted octanol–water partition coefficient (Wildman–Crippen LogP) is 2.41. The van der Waals surface area contributed by atoms with Gasteiger partial charge in [0.2, 0.25) is 0 Å². The van der Waals surface area contributed by atoms with Gasteiger partial charge in [0.25, 0.3) is 11.8 Å². The molecule has 0 fully saturated rings. The summed E-state index contributed by atoms with van der Waals surface area (Å²) in [5, 5.41) is 10.1. The molecule has 0 bridgehead atoms. The van der Waals surface area contributed by atoms with Crippen LogP contribution in [0.5, 0.6) is 0 Å². The molecular formula is C17H15NO3. The van der Waals surface area contributed by atoms with Gasteiger partial charge in [-0.05, 0) is 24.1 Å². The number of carbonyl (C=O) groups is 2. The van der Waals surface area contributed by atoms with E-state index < -0.39 is 6.10 Å². The van der Waals surface area contributed by atoms with Gasteiger partial charge in [0.1, 0.15) is 0 Å². The maximum atomic E-state index is 12.2. The lowest BCUT2D eigenvalue weighted by Crippen LogP contribution is -2.31. The van der Waals surface area contributed by atoms with E-state index in [1.54, 1.807) is 24.3 Å². The summed E-state index contributed by atoms with van der Waals surface area (Å²) in [6, 6.07) is 16.0. The van der Waals surface area contributed by atoms with E-state index in [-0.39, 0.29) is 18.4 Å². The van der Waals surface area contributed by atoms with Gasteiger partial charge >= 0.3 is 0 Å². The molecule has 1 atom stereocenters. The highest BCUT2D eigenvalue weighted by molar-refractivity contribution is 6.21. The van der Waals surface area contributed by atoms with E-state index in [9.17, 15) is 14.7 Å². The molecular weight excluding hydrogens is 266 g/mol. The Bertz CT molecular complexity index is 646. The van der Waals surface area contributed by atoms with E-state index in [1.165, 1.54) is 4.90 Å². The zero-order valence-corrected chi connectivity index (χ0v) is 11.4. The Morgan fingerprint density at radius 2 is 1.38 bits per heavy atom. The molecule has 0 saturated carbocycles. The summed E-state index contributed by atoms with van der Waals surface area (Å²) < 4.78 is 0. The lowest BCUT2D eigenvalue weighted by molar-refractivity contribution is 0.0622. The minimum atomic E-state index is -0.685. The molecule has 4 heteroatoms. The number of rotatable bonds is 4. The second kappa shape index (κ2) is 5.50. The Labute approximate surface area is 122 Å². The van der Waals surface area contributed by atoms with Gasteiger partial charge < -0.3 is 5.11 Å². The second-order valence-corrected chi connectivity index (χ2v) is 5.02. The Hall–Kier alpha value is -2.46. The van der Waals surface area contributed by atoms with Gasteiger partial charge in [-0.2, -0.15) is 0 Å². The quantitative estimate of drug-likeness (QED) is 0.875. The molecule has 2 amide bonds. The zero-order chi connectivity index (χ0) is 14.8. The van der Waals surface area contributed by atoms with Crippen LogP contribution in [0.2, 0.25) is 0 Å². The summed E-state index contributed by atoms with van der Waals surface area (Å²) in [5.74, 6) is -0.563. The van der Waals surface area contributed by atoms with Crippen LogP contribution in [-0.4, -0.2) is 28.4 Å². The molecule has 106 valence electrons. The lowest BCUT2D eigenvalue weighted by Gasteiger charge is -2.17. The van der Waals surface area contributed by atoms with Gasteiger partial charge in [-0.15, -0.1) is 0 Å². The summed E-state index contributed by atoms with van der Waals surface area (Å²) >= 11 is 0. The van der Waals surface area contributed by atoms with Gasteiger partial charge in [0, 0.05) is 6.54 Å². The topological polar surface area (TPSA) is 57.6 Å². The largest absolute Gasteiger partial charge is 0.388 e. The van der Waals surface area contributed by atoms with Crippen LogP contribution in [0.1, 0.15) is 38.8 Å². The molecule has 1 aliphatic heterocycles. The van der Waals surface area contributed by atoms with Crippen molar-refractivity contribution in [2.45, 2.75) is 12.5 Å². The summed E-state index contributed by atoms with van der Waals surface area (Å²) in [7, 11) is 0. The first kappa shape index (κ1) is 13.5. The van der Waals surface area contributed by atoms with Crippen LogP contribution >= 0.6 is 0 Å². The summed E-state index contributed by atoms with van der Waals surface area (Å²) in [4.78, 5) is 25.6. The Balaban J connectivity index is 1.70. The van der Waals surface area contributed by atoms with Crippen molar-refractivity contribution in [1.29, 1.82) is 0 Å². The van der Waals surface area contributed by atoms with E-state index in [0.717, 1.165) is 5.56 Å². The van der Waals surface area contributed by atoms with Crippen LogP contribution < -0.4 is 0 Å². The fourth-order valence-corrected chi connectivity index (χ4v) is 2.54. The first-order valence-electron chi connectivity index (χ1n) is 6.86. The van der Waals surface area contributed by atoms with Crippen molar-refractivity contribution in [1.82, 2.24) is 4.90 Å². The van der Waals surface area contributed by atoms with Crippen molar-refractivity contribution < 1.29 is 14.7 Å². The Morgan fingerprint density at radius 3 is 1.95 bits per heavy atom. The molecule has 0 radical (unpaired) electrons. The number of nitrogens with zero attached hydrogens (tertiary/aromatic N) is 1. The average Bonchev–Trinajstić information content (AvgIpc) is 2.78. The minimum absolute atomic E-state index is 0.211. The molecule has 0 saturated heterocycles. The standard InChI is InChI=1S/C17H15NO3/c19-15(12-6-2-1-3-7-12)10-11-18-16(20)13-8-4-5-9-14(13)17(18)21/h1-9,15,19H,10-11H2/t15-/m1/s1. The monoisotopic (exact) mass is 281 g/mol. The summed E-state index contributed by atoms with van der Waals surface area (Å²) in [6.45, 7) is 0.211. The van der Waals surface area contributed by atoms with Crippen LogP contribution in [0.4, 0.5) is 0 Å². The molecule has 1 heterocycles. The van der Waals surface area contributed by atoms with E-state index in [4.69, 9.17) is 0 Å². The molecule has 2 aromatic rings. The fourth-order valence-electron chi connectivity index (χ4n) is 2.54. The highest BCUT2D eigenvalue weighted by Crippen LogP contribution is 2.24. The zero-order valence-electron chi connectivity index (χ0n) is 11.4. The molecule has 0 spiro atoms. The third kappa shape index (κ3) is 2.45. The van der Waals surface area contributed by atoms with Crippen LogP contribution in [-0.2, 0) is 0 Å². The smallest absolute Gasteiger partial charge is 0.261 e. The molecule has 1 aliphatic rings. The predicted molar refractivity (Wildman–Crippen MR) is 77.8 cm³/mol. The van der Waals surface area contributed by atoms with Crippen molar-refractivity contribution in [2.75, 3.05) is 6.54 Å². The normalized spacial score (nSPS) is 15.2. The van der Waals surface area contributed by atoms with Crippen molar-refractivity contribution >= 4 is 11.8 Å². The molecule has 21 heavy (non-hydrogen) atoms. The number of imide groups is 1. The second-order valence-electron chi connectivity index (χ2n) is 5.02. The van der Waals surface area contributed by atoms with Crippen LogP contribution in [0, 0.1) is 0 Å². The number of carbonyl (C=O) groups excluding carboxylic acids is 2. The highest BCUT2D eigenvalue weighted by Gasteiger charge is 2.34. The fraction of sp³-hybridized carbons (Fsp3) is 0.176. The van der Waals surface area contributed by atoms with E-state index in [2.05, 4.69) is 0 Å². The maximum Gasteiger partial charge on any atom is 0.261 e. The van der Waals surface area contributed by atoms with Gasteiger partial charge in [-0.25, -0.2) is 0 Å². The average molecular weight is 281 g/mol. The third-order valence-electron chi connectivity index (χ3n) is 3.69. The van der Waals surface area contributed by atoms with Crippen LogP contribution in [0.25, 0.3) is 0 Å². The molecule has 0 aliphatic carbocycles. The third-order valence-corrected chi connectivity index (χ3v) is 3.69. The van der Waals surface area contributed by atoms with Gasteiger partial charge in [0.15, 0.2) is 0 Å². The first-order valence-corrected chi connectivity index (χ1v) is 6.86. The number of amides is 2. The highest BCUT2D eigenvalue weighted by atomic mass is 16.3. The van der Waals surface area contributed by atoms with Crippen molar-refractivity contribution in [3.05, 3.63) is 71.3 Å². The molecule has 0 unspecified atom stereocenters. The van der Waals surface area contributed by atoms with Gasteiger partial charge in [-0.3, -0.25) is 14.5 Å². The molecule has 2 aromatic carbocycles. The van der Waals surface area contributed by atoms with Crippen LogP contribution in [0.3, 0.4) is 0 Å². The molecule has 3 rings (SSSR count). The van der Waals surface area contributed by atoms with Crippen molar-refractivity contribution in [2.24, 2.45) is 0 Å². The number of hydrogen-bond donors (Lipinski definition) is 1. The van der Waals surface area contributed by atoms with E-state index in [1.807, 2.05) is 30.3 Å². The minimum Gasteiger partial charge on any atom is -0.388 e. The van der Waals surface area contributed by atoms with Crippen molar-refractivity contribution in [3.8, 4) is 0 Å². The first-order chi connectivity index (χ1) is 10.2. The van der Waals surface area contributed by atoms with Gasteiger partial charge in [-0.1, -0.05) is 42.5 Å². The number of benzene rings is 2. The number of aliphatic hydroxyl groups excluding tert-OH is 1. The number of fused-ring (bicyclic) bond motifs is 1. The Morgan fingerprint density at radius 1 is 0.857 bits per heavy atom. The SMILES string of the molecule is O=C1c2ccccc2C(=O)N1CC[C@@H](O)c1ccccc1. The molecule has 1 N–H and O–H groups in total. The van der Waals surface area contributed by atoms with Crippen molar-refractivity contribution in [3.63, 3.8) is 0 Å². The molecule has 4 nitrogen and oxygen atoms in total. The van der Waals surface area contributed by atoms with Crippen LogP contribution in [0.15, 0.2) is 54.6 Å². The van der Waals surface area contributed by atoms with E-state index in [0.29, 0.717) is 17.5 Å². The Kier molecular flexibility index (Phi) is 3.54. The van der Waals surface area contributed by atoms with E-state index >= 15 is 0 Å². The maximum absolute atomic E-state index is 12.2.